The van der Waals surface area contributed by atoms with Crippen LogP contribution in [0.1, 0.15) is 24.6 Å². The summed E-state index contributed by atoms with van der Waals surface area (Å²) in [5, 5.41) is -0.157. The monoisotopic (exact) mass is 271 g/mol. The minimum atomic E-state index is -4.42. The second-order valence-corrected chi connectivity index (χ2v) is 4.38. The van der Waals surface area contributed by atoms with Gasteiger partial charge in [0.25, 0.3) is 0 Å². The van der Waals surface area contributed by atoms with Crippen molar-refractivity contribution in [3.8, 4) is 0 Å². The van der Waals surface area contributed by atoms with Gasteiger partial charge in [0.15, 0.2) is 0 Å². The number of pyridine rings is 1. The molecule has 1 atom stereocenters. The van der Waals surface area contributed by atoms with E-state index in [9.17, 15) is 13.2 Å². The van der Waals surface area contributed by atoms with Gasteiger partial charge in [-0.05, 0) is 12.5 Å². The highest BCUT2D eigenvalue weighted by Crippen LogP contribution is 2.31. The highest BCUT2D eigenvalue weighted by molar-refractivity contribution is 6.31. The number of hydrogen-bond donors (Lipinski definition) is 0. The standard InChI is InChI=1S/C10H10Cl2F3N/c1-2-7(11)4-9-8(12)3-6(5-16-9)10(13,14)15/h3,5,7H,2,4H2,1H3. The van der Waals surface area contributed by atoms with Gasteiger partial charge in [-0.3, -0.25) is 4.98 Å². The fraction of sp³-hybridized carbons (Fsp3) is 0.500. The first-order chi connectivity index (χ1) is 7.34. The van der Waals surface area contributed by atoms with Gasteiger partial charge in [0, 0.05) is 18.0 Å². The Morgan fingerprint density at radius 1 is 1.44 bits per heavy atom. The number of aromatic nitrogens is 1. The predicted molar refractivity (Wildman–Crippen MR) is 57.9 cm³/mol. The Kier molecular flexibility index (Phi) is 4.44. The summed E-state index contributed by atoms with van der Waals surface area (Å²) in [4.78, 5) is 3.70. The third-order valence-corrected chi connectivity index (χ3v) is 2.89. The zero-order chi connectivity index (χ0) is 12.3. The molecule has 0 amide bonds. The SMILES string of the molecule is CCC(Cl)Cc1ncc(C(F)(F)F)cc1Cl. The lowest BCUT2D eigenvalue weighted by Crippen LogP contribution is -2.09. The summed E-state index contributed by atoms with van der Waals surface area (Å²) in [5.41, 5.74) is -0.444. The zero-order valence-electron chi connectivity index (χ0n) is 8.48. The number of halogens is 5. The van der Waals surface area contributed by atoms with Crippen molar-refractivity contribution in [1.82, 2.24) is 4.98 Å². The molecule has 0 spiro atoms. The van der Waals surface area contributed by atoms with Crippen LogP contribution >= 0.6 is 23.2 Å². The average Bonchev–Trinajstić information content (AvgIpc) is 2.19. The van der Waals surface area contributed by atoms with Crippen LogP contribution < -0.4 is 0 Å². The lowest BCUT2D eigenvalue weighted by molar-refractivity contribution is -0.137. The predicted octanol–water partition coefficient (Wildman–Crippen LogP) is 4.31. The average molecular weight is 272 g/mol. The van der Waals surface area contributed by atoms with E-state index in [0.29, 0.717) is 18.5 Å². The van der Waals surface area contributed by atoms with E-state index in [-0.39, 0.29) is 10.4 Å². The van der Waals surface area contributed by atoms with Crippen molar-refractivity contribution in [1.29, 1.82) is 0 Å². The van der Waals surface area contributed by atoms with E-state index in [0.717, 1.165) is 12.3 Å². The molecule has 0 saturated carbocycles. The number of rotatable bonds is 3. The molecule has 6 heteroatoms. The van der Waals surface area contributed by atoms with Crippen LogP contribution in [0.4, 0.5) is 13.2 Å². The molecule has 0 saturated heterocycles. The van der Waals surface area contributed by atoms with E-state index in [1.807, 2.05) is 6.92 Å². The Bertz CT molecular complexity index is 366. The maximum atomic E-state index is 12.3. The summed E-state index contributed by atoms with van der Waals surface area (Å²) >= 11 is 11.6. The molecule has 1 unspecified atom stereocenters. The minimum Gasteiger partial charge on any atom is -0.259 e. The van der Waals surface area contributed by atoms with Crippen molar-refractivity contribution < 1.29 is 13.2 Å². The van der Waals surface area contributed by atoms with Crippen LogP contribution in [-0.2, 0) is 12.6 Å². The molecule has 1 aromatic rings. The first-order valence-electron chi connectivity index (χ1n) is 4.70. The summed E-state index contributed by atoms with van der Waals surface area (Å²) in [6, 6.07) is 0.878. The maximum Gasteiger partial charge on any atom is 0.417 e. The van der Waals surface area contributed by atoms with Crippen molar-refractivity contribution in [2.45, 2.75) is 31.3 Å². The lowest BCUT2D eigenvalue weighted by atomic mass is 10.1. The maximum absolute atomic E-state index is 12.3. The summed E-state index contributed by atoms with van der Waals surface area (Å²) < 4.78 is 36.9. The summed E-state index contributed by atoms with van der Waals surface area (Å²) in [5.74, 6) is 0. The molecule has 1 rings (SSSR count). The van der Waals surface area contributed by atoms with Crippen LogP contribution in [0.15, 0.2) is 12.3 Å². The highest BCUT2D eigenvalue weighted by atomic mass is 35.5. The summed E-state index contributed by atoms with van der Waals surface area (Å²) in [6.45, 7) is 1.88. The van der Waals surface area contributed by atoms with E-state index in [2.05, 4.69) is 4.98 Å². The molecule has 0 aliphatic rings. The molecule has 0 aliphatic carbocycles. The Labute approximate surface area is 102 Å². The van der Waals surface area contributed by atoms with Gasteiger partial charge < -0.3 is 0 Å². The van der Waals surface area contributed by atoms with Gasteiger partial charge in [-0.25, -0.2) is 0 Å². The van der Waals surface area contributed by atoms with Crippen molar-refractivity contribution >= 4 is 23.2 Å². The van der Waals surface area contributed by atoms with Gasteiger partial charge >= 0.3 is 6.18 Å². The molecule has 0 aromatic carbocycles. The Hall–Kier alpha value is -0.480. The number of hydrogen-bond acceptors (Lipinski definition) is 1. The zero-order valence-corrected chi connectivity index (χ0v) is 10.00. The minimum absolute atomic E-state index is 0.00826. The quantitative estimate of drug-likeness (QED) is 0.747. The molecule has 1 heterocycles. The smallest absolute Gasteiger partial charge is 0.259 e. The van der Waals surface area contributed by atoms with Gasteiger partial charge in [-0.1, -0.05) is 18.5 Å². The first-order valence-corrected chi connectivity index (χ1v) is 5.51. The highest BCUT2D eigenvalue weighted by Gasteiger charge is 2.31. The van der Waals surface area contributed by atoms with Crippen molar-refractivity contribution in [2.24, 2.45) is 0 Å². The normalized spacial score (nSPS) is 13.9. The first kappa shape index (κ1) is 13.6. The molecule has 1 aromatic heterocycles. The van der Waals surface area contributed by atoms with Crippen molar-refractivity contribution in [3.63, 3.8) is 0 Å². The largest absolute Gasteiger partial charge is 0.417 e. The number of alkyl halides is 4. The fourth-order valence-corrected chi connectivity index (χ4v) is 1.52. The second kappa shape index (κ2) is 5.23. The lowest BCUT2D eigenvalue weighted by Gasteiger charge is -2.10. The van der Waals surface area contributed by atoms with E-state index in [1.54, 1.807) is 0 Å². The van der Waals surface area contributed by atoms with Crippen LogP contribution in [-0.4, -0.2) is 10.4 Å². The van der Waals surface area contributed by atoms with Gasteiger partial charge in [-0.15, -0.1) is 11.6 Å². The van der Waals surface area contributed by atoms with Crippen LogP contribution in [0, 0.1) is 0 Å². The molecule has 0 bridgehead atoms. The van der Waals surface area contributed by atoms with Gasteiger partial charge in [0.05, 0.1) is 16.3 Å². The summed E-state index contributed by atoms with van der Waals surface area (Å²) in [6.07, 6.45) is -2.56. The van der Waals surface area contributed by atoms with Crippen molar-refractivity contribution in [3.05, 3.63) is 28.5 Å². The molecule has 90 valence electrons. The Morgan fingerprint density at radius 2 is 2.06 bits per heavy atom. The molecular formula is C10H10Cl2F3N. The summed E-state index contributed by atoms with van der Waals surface area (Å²) in [7, 11) is 0. The van der Waals surface area contributed by atoms with Crippen molar-refractivity contribution in [2.75, 3.05) is 0 Å². The Balaban J connectivity index is 2.92. The fourth-order valence-electron chi connectivity index (χ4n) is 1.13. The van der Waals surface area contributed by atoms with Gasteiger partial charge in [-0.2, -0.15) is 13.2 Å². The Morgan fingerprint density at radius 3 is 2.50 bits per heavy atom. The third-order valence-electron chi connectivity index (χ3n) is 2.10. The van der Waals surface area contributed by atoms with E-state index in [1.165, 1.54) is 0 Å². The second-order valence-electron chi connectivity index (χ2n) is 3.36. The molecule has 0 N–H and O–H groups in total. The molecule has 1 nitrogen and oxygen atoms in total. The molecule has 0 radical (unpaired) electrons. The van der Waals surface area contributed by atoms with Gasteiger partial charge in [0.2, 0.25) is 0 Å². The van der Waals surface area contributed by atoms with Gasteiger partial charge in [0.1, 0.15) is 0 Å². The topological polar surface area (TPSA) is 12.9 Å². The molecule has 0 aliphatic heterocycles. The van der Waals surface area contributed by atoms with E-state index >= 15 is 0 Å². The van der Waals surface area contributed by atoms with Crippen LogP contribution in [0.3, 0.4) is 0 Å². The van der Waals surface area contributed by atoms with E-state index < -0.39 is 11.7 Å². The third kappa shape index (κ3) is 3.52. The van der Waals surface area contributed by atoms with Crippen LogP contribution in [0.2, 0.25) is 5.02 Å². The number of nitrogens with zero attached hydrogens (tertiary/aromatic N) is 1. The molecule has 0 fully saturated rings. The van der Waals surface area contributed by atoms with E-state index in [4.69, 9.17) is 23.2 Å². The molecule has 16 heavy (non-hydrogen) atoms. The molecular weight excluding hydrogens is 262 g/mol. The van der Waals surface area contributed by atoms with Crippen LogP contribution in [0.5, 0.6) is 0 Å². The van der Waals surface area contributed by atoms with Crippen LogP contribution in [0.25, 0.3) is 0 Å².